The molecule has 0 aromatic heterocycles. The molecule has 0 saturated carbocycles. The molecule has 0 bridgehead atoms. The van der Waals surface area contributed by atoms with E-state index in [1.807, 2.05) is 13.8 Å². The molecule has 0 N–H and O–H groups in total. The molecule has 0 heteroatoms. The second-order valence-corrected chi connectivity index (χ2v) is 7.24. The molecule has 2 atom stereocenters. The number of hydrogen-bond donors (Lipinski definition) is 0. The van der Waals surface area contributed by atoms with Crippen molar-refractivity contribution in [3.05, 3.63) is 35.5 Å². The molecule has 0 aromatic carbocycles. The number of allylic oxidation sites excluding steroid dienone is 6. The third-order valence-corrected chi connectivity index (χ3v) is 4.83. The van der Waals surface area contributed by atoms with Crippen LogP contribution in [0.3, 0.4) is 0 Å². The third kappa shape index (κ3) is 16.4. The lowest BCUT2D eigenvalue weighted by Crippen LogP contribution is -2.02. The average Bonchev–Trinajstić information content (AvgIpc) is 2.64. The van der Waals surface area contributed by atoms with Gasteiger partial charge in [-0.2, -0.15) is 0 Å². The largest absolute Gasteiger partial charge is 0.0887 e. The second-order valence-electron chi connectivity index (χ2n) is 7.24. The summed E-state index contributed by atoms with van der Waals surface area (Å²) >= 11 is 0. The Bertz CT molecular complexity index is 356. The standard InChI is InChI=1S/C20H34.C3H8.C2H6/c1-5-17(3)11-14-19(6-2)9-7-8-10-20-15-12-18(4)13-16-20;1-3-2;1-2/h5,12-13,15,19-20H,6-11,14,16H2,1-4H3;3H2,1-2H3;1-2H3/b17-5+;;/t19-,20?;;/m1../s1. The van der Waals surface area contributed by atoms with E-state index in [1.54, 1.807) is 5.57 Å². The van der Waals surface area contributed by atoms with Crippen LogP contribution in [0.1, 0.15) is 113 Å². The lowest BCUT2D eigenvalue weighted by atomic mass is 9.89. The summed E-state index contributed by atoms with van der Waals surface area (Å²) in [6.45, 7) is 17.2. The Labute approximate surface area is 160 Å². The first kappa shape index (κ1) is 26.4. The molecule has 1 aliphatic rings. The van der Waals surface area contributed by atoms with Crippen LogP contribution in [0.15, 0.2) is 35.5 Å². The van der Waals surface area contributed by atoms with Gasteiger partial charge in [-0.05, 0) is 58.3 Å². The van der Waals surface area contributed by atoms with Crippen LogP contribution in [0.4, 0.5) is 0 Å². The molecule has 0 nitrogen and oxygen atoms in total. The predicted octanol–water partition coefficient (Wildman–Crippen LogP) is 9.28. The topological polar surface area (TPSA) is 0 Å². The van der Waals surface area contributed by atoms with Gasteiger partial charge in [0, 0.05) is 0 Å². The highest BCUT2D eigenvalue weighted by atomic mass is 14.1. The van der Waals surface area contributed by atoms with Crippen molar-refractivity contribution < 1.29 is 0 Å². The summed E-state index contributed by atoms with van der Waals surface area (Å²) in [4.78, 5) is 0. The molecular weight excluding hydrogens is 300 g/mol. The molecule has 0 radical (unpaired) electrons. The van der Waals surface area contributed by atoms with Gasteiger partial charge in [0.2, 0.25) is 0 Å². The van der Waals surface area contributed by atoms with E-state index >= 15 is 0 Å². The van der Waals surface area contributed by atoms with Crippen molar-refractivity contribution in [3.8, 4) is 0 Å². The van der Waals surface area contributed by atoms with E-state index in [9.17, 15) is 0 Å². The molecule has 0 fully saturated rings. The van der Waals surface area contributed by atoms with E-state index in [2.05, 4.69) is 65.8 Å². The summed E-state index contributed by atoms with van der Waals surface area (Å²) in [5, 5.41) is 0. The normalized spacial score (nSPS) is 17.7. The fourth-order valence-corrected chi connectivity index (χ4v) is 2.95. The Morgan fingerprint density at radius 1 is 1.16 bits per heavy atom. The molecule has 1 aliphatic carbocycles. The van der Waals surface area contributed by atoms with Gasteiger partial charge in [-0.25, -0.2) is 0 Å². The number of unbranched alkanes of at least 4 members (excludes halogenated alkanes) is 1. The van der Waals surface area contributed by atoms with Crippen molar-refractivity contribution in [2.45, 2.75) is 113 Å². The van der Waals surface area contributed by atoms with E-state index in [0.717, 1.165) is 11.8 Å². The van der Waals surface area contributed by atoms with E-state index in [4.69, 9.17) is 0 Å². The first-order valence-corrected chi connectivity index (χ1v) is 11.0. The van der Waals surface area contributed by atoms with Crippen LogP contribution in [0.5, 0.6) is 0 Å². The van der Waals surface area contributed by atoms with Gasteiger partial charge in [-0.1, -0.05) is 102 Å². The Balaban J connectivity index is 0. The maximum absolute atomic E-state index is 2.42. The Kier molecular flexibility index (Phi) is 20.7. The number of rotatable bonds is 9. The fourth-order valence-electron chi connectivity index (χ4n) is 2.95. The minimum atomic E-state index is 0.809. The van der Waals surface area contributed by atoms with Crippen molar-refractivity contribution in [2.24, 2.45) is 11.8 Å². The zero-order valence-electron chi connectivity index (χ0n) is 18.8. The molecule has 1 rings (SSSR count). The molecule has 148 valence electrons. The van der Waals surface area contributed by atoms with Crippen LogP contribution in [0, 0.1) is 11.8 Å². The third-order valence-electron chi connectivity index (χ3n) is 4.83. The van der Waals surface area contributed by atoms with Gasteiger partial charge in [0.25, 0.3) is 0 Å². The van der Waals surface area contributed by atoms with Gasteiger partial charge in [0.15, 0.2) is 0 Å². The number of hydrogen-bond acceptors (Lipinski definition) is 0. The summed E-state index contributed by atoms with van der Waals surface area (Å²) in [6, 6.07) is 0. The predicted molar refractivity (Wildman–Crippen MR) is 119 cm³/mol. The van der Waals surface area contributed by atoms with Gasteiger partial charge in [-0.3, -0.25) is 0 Å². The van der Waals surface area contributed by atoms with Crippen LogP contribution in [0.2, 0.25) is 0 Å². The molecule has 0 heterocycles. The van der Waals surface area contributed by atoms with Crippen molar-refractivity contribution in [3.63, 3.8) is 0 Å². The Morgan fingerprint density at radius 3 is 2.28 bits per heavy atom. The van der Waals surface area contributed by atoms with Crippen molar-refractivity contribution in [1.82, 2.24) is 0 Å². The minimum Gasteiger partial charge on any atom is -0.0887 e. The molecular formula is C25H48. The SMILES string of the molecule is C/C=C(\C)CC[C@H](CC)CCCCC1C=CC(C)=CC1.CC.CCC. The minimum absolute atomic E-state index is 0.809. The van der Waals surface area contributed by atoms with Crippen molar-refractivity contribution in [1.29, 1.82) is 0 Å². The van der Waals surface area contributed by atoms with Gasteiger partial charge < -0.3 is 0 Å². The highest BCUT2D eigenvalue weighted by Crippen LogP contribution is 2.25. The summed E-state index contributed by atoms with van der Waals surface area (Å²) < 4.78 is 0. The van der Waals surface area contributed by atoms with Gasteiger partial charge >= 0.3 is 0 Å². The summed E-state index contributed by atoms with van der Waals surface area (Å²) in [5.74, 6) is 1.75. The van der Waals surface area contributed by atoms with Crippen LogP contribution < -0.4 is 0 Å². The Morgan fingerprint density at radius 2 is 1.80 bits per heavy atom. The highest BCUT2D eigenvalue weighted by molar-refractivity contribution is 5.21. The summed E-state index contributed by atoms with van der Waals surface area (Å²) in [5.41, 5.74) is 2.99. The molecule has 25 heavy (non-hydrogen) atoms. The van der Waals surface area contributed by atoms with Crippen LogP contribution in [0.25, 0.3) is 0 Å². The average molecular weight is 349 g/mol. The highest BCUT2D eigenvalue weighted by Gasteiger charge is 2.09. The van der Waals surface area contributed by atoms with Crippen LogP contribution in [-0.2, 0) is 0 Å². The molecule has 0 amide bonds. The maximum atomic E-state index is 2.42. The quantitative estimate of drug-likeness (QED) is 0.287. The maximum Gasteiger partial charge on any atom is -0.0195 e. The summed E-state index contributed by atoms with van der Waals surface area (Å²) in [7, 11) is 0. The lowest BCUT2D eigenvalue weighted by Gasteiger charge is -2.17. The lowest BCUT2D eigenvalue weighted by molar-refractivity contribution is 0.405. The van der Waals surface area contributed by atoms with Gasteiger partial charge in [-0.15, -0.1) is 0 Å². The molecule has 0 aliphatic heterocycles. The smallest absolute Gasteiger partial charge is 0.0195 e. The zero-order chi connectivity index (χ0) is 19.5. The summed E-state index contributed by atoms with van der Waals surface area (Å²) in [6.07, 6.45) is 21.5. The van der Waals surface area contributed by atoms with Crippen molar-refractivity contribution in [2.75, 3.05) is 0 Å². The van der Waals surface area contributed by atoms with Gasteiger partial charge in [0.05, 0.1) is 0 Å². The zero-order valence-corrected chi connectivity index (χ0v) is 18.8. The van der Waals surface area contributed by atoms with Crippen molar-refractivity contribution >= 4 is 0 Å². The first-order valence-electron chi connectivity index (χ1n) is 11.0. The Hall–Kier alpha value is -0.780. The fraction of sp³-hybridized carbons (Fsp3) is 0.760. The molecule has 0 aromatic rings. The van der Waals surface area contributed by atoms with E-state index in [-0.39, 0.29) is 0 Å². The van der Waals surface area contributed by atoms with E-state index < -0.39 is 0 Å². The molecule has 0 saturated heterocycles. The molecule has 1 unspecified atom stereocenters. The van der Waals surface area contributed by atoms with E-state index in [1.165, 1.54) is 63.4 Å². The monoisotopic (exact) mass is 348 g/mol. The first-order chi connectivity index (χ1) is 12.1. The van der Waals surface area contributed by atoms with E-state index in [0.29, 0.717) is 0 Å². The van der Waals surface area contributed by atoms with Crippen LogP contribution in [-0.4, -0.2) is 0 Å². The van der Waals surface area contributed by atoms with Gasteiger partial charge in [0.1, 0.15) is 0 Å². The van der Waals surface area contributed by atoms with Crippen LogP contribution >= 0.6 is 0 Å². The second kappa shape index (κ2) is 19.5. The molecule has 0 spiro atoms.